The maximum Gasteiger partial charge on any atom is 0.471 e. The monoisotopic (exact) mass is 301 g/mol. The first-order chi connectivity index (χ1) is 9.05. The Balaban J connectivity index is 3.10. The van der Waals surface area contributed by atoms with E-state index < -0.39 is 35.3 Å². The fraction of sp³-hybridized carbons (Fsp3) is 0.364. The molecule has 0 aromatic heterocycles. The zero-order valence-electron chi connectivity index (χ0n) is 10.0. The number of hydrogen-bond donors (Lipinski definition) is 1. The van der Waals surface area contributed by atoms with Crippen molar-refractivity contribution in [2.75, 3.05) is 11.9 Å². The lowest BCUT2D eigenvalue weighted by atomic mass is 10.1. The highest BCUT2D eigenvalue weighted by molar-refractivity contribution is 5.95. The molecule has 0 aliphatic carbocycles. The summed E-state index contributed by atoms with van der Waals surface area (Å²) in [6, 6.07) is 2.12. The Labute approximate surface area is 109 Å². The van der Waals surface area contributed by atoms with Gasteiger partial charge in [0.15, 0.2) is 0 Å². The maximum atomic E-state index is 12.7. The van der Waals surface area contributed by atoms with Crippen molar-refractivity contribution in [3.05, 3.63) is 23.8 Å². The molecule has 112 valence electrons. The van der Waals surface area contributed by atoms with Crippen LogP contribution in [0.1, 0.15) is 12.5 Å². The minimum atomic E-state index is -5.18. The lowest BCUT2D eigenvalue weighted by molar-refractivity contribution is -0.167. The number of carbonyl (C=O) groups is 1. The average Bonchev–Trinajstić information content (AvgIpc) is 2.28. The summed E-state index contributed by atoms with van der Waals surface area (Å²) in [4.78, 5) is 10.7. The molecule has 0 bridgehead atoms. The molecule has 0 saturated heterocycles. The van der Waals surface area contributed by atoms with E-state index in [4.69, 9.17) is 4.74 Å². The molecule has 1 amide bonds. The van der Waals surface area contributed by atoms with Gasteiger partial charge < -0.3 is 10.1 Å². The SMILES string of the molecule is CCOc1ccc(NC(=O)C(F)(F)F)cc1C(F)(F)F. The van der Waals surface area contributed by atoms with E-state index in [1.54, 1.807) is 0 Å². The van der Waals surface area contributed by atoms with Gasteiger partial charge in [0.1, 0.15) is 5.75 Å². The second-order valence-corrected chi connectivity index (χ2v) is 3.59. The first-order valence-corrected chi connectivity index (χ1v) is 5.28. The number of ether oxygens (including phenoxy) is 1. The van der Waals surface area contributed by atoms with Crippen molar-refractivity contribution in [2.45, 2.75) is 19.3 Å². The highest BCUT2D eigenvalue weighted by atomic mass is 19.4. The van der Waals surface area contributed by atoms with Gasteiger partial charge in [0, 0.05) is 5.69 Å². The molecule has 1 N–H and O–H groups in total. The van der Waals surface area contributed by atoms with Crippen LogP contribution in [0.5, 0.6) is 5.75 Å². The summed E-state index contributed by atoms with van der Waals surface area (Å²) < 4.78 is 78.9. The predicted octanol–water partition coefficient (Wildman–Crippen LogP) is 3.60. The molecule has 0 heterocycles. The number of anilines is 1. The second-order valence-electron chi connectivity index (χ2n) is 3.59. The molecule has 0 saturated carbocycles. The molecule has 1 aromatic carbocycles. The highest BCUT2D eigenvalue weighted by Gasteiger charge is 2.39. The van der Waals surface area contributed by atoms with Gasteiger partial charge in [-0.3, -0.25) is 4.79 Å². The van der Waals surface area contributed by atoms with Gasteiger partial charge in [-0.05, 0) is 25.1 Å². The van der Waals surface area contributed by atoms with E-state index in [1.807, 2.05) is 0 Å². The summed E-state index contributed by atoms with van der Waals surface area (Å²) in [5.41, 5.74) is -1.89. The summed E-state index contributed by atoms with van der Waals surface area (Å²) in [5, 5.41) is 1.34. The third-order valence-electron chi connectivity index (χ3n) is 2.10. The lowest BCUT2D eigenvalue weighted by Crippen LogP contribution is -2.30. The molecule has 0 unspecified atom stereocenters. The zero-order valence-corrected chi connectivity index (χ0v) is 10.0. The highest BCUT2D eigenvalue weighted by Crippen LogP contribution is 2.38. The molecule has 0 spiro atoms. The second kappa shape index (κ2) is 5.59. The van der Waals surface area contributed by atoms with Crippen LogP contribution in [0.15, 0.2) is 18.2 Å². The van der Waals surface area contributed by atoms with Gasteiger partial charge in [-0.15, -0.1) is 0 Å². The van der Waals surface area contributed by atoms with Gasteiger partial charge >= 0.3 is 18.3 Å². The predicted molar refractivity (Wildman–Crippen MR) is 57.3 cm³/mol. The number of amides is 1. The van der Waals surface area contributed by atoms with E-state index in [0.717, 1.165) is 12.1 Å². The minimum Gasteiger partial charge on any atom is -0.493 e. The Bertz CT molecular complexity index is 495. The van der Waals surface area contributed by atoms with E-state index in [-0.39, 0.29) is 6.61 Å². The van der Waals surface area contributed by atoms with Gasteiger partial charge in [0.05, 0.1) is 12.2 Å². The number of alkyl halides is 6. The van der Waals surface area contributed by atoms with Crippen molar-refractivity contribution in [1.29, 1.82) is 0 Å². The van der Waals surface area contributed by atoms with Crippen LogP contribution in [0.2, 0.25) is 0 Å². The molecule has 20 heavy (non-hydrogen) atoms. The zero-order chi connectivity index (χ0) is 15.6. The number of rotatable bonds is 3. The van der Waals surface area contributed by atoms with Crippen LogP contribution in [-0.4, -0.2) is 18.7 Å². The summed E-state index contributed by atoms with van der Waals surface area (Å²) >= 11 is 0. The molecule has 0 aliphatic heterocycles. The van der Waals surface area contributed by atoms with E-state index in [0.29, 0.717) is 6.07 Å². The van der Waals surface area contributed by atoms with Gasteiger partial charge in [0.2, 0.25) is 0 Å². The van der Waals surface area contributed by atoms with Crippen LogP contribution in [0.4, 0.5) is 32.0 Å². The van der Waals surface area contributed by atoms with Crippen molar-refractivity contribution in [2.24, 2.45) is 0 Å². The number of nitrogens with one attached hydrogen (secondary N) is 1. The fourth-order valence-corrected chi connectivity index (χ4v) is 1.31. The normalized spacial score (nSPS) is 12.2. The molecule has 9 heteroatoms. The van der Waals surface area contributed by atoms with Crippen molar-refractivity contribution in [1.82, 2.24) is 0 Å². The van der Waals surface area contributed by atoms with Crippen molar-refractivity contribution in [3.63, 3.8) is 0 Å². The first-order valence-electron chi connectivity index (χ1n) is 5.28. The number of carbonyl (C=O) groups excluding carboxylic acids is 1. The molecular weight excluding hydrogens is 292 g/mol. The van der Waals surface area contributed by atoms with E-state index >= 15 is 0 Å². The largest absolute Gasteiger partial charge is 0.493 e. The van der Waals surface area contributed by atoms with Crippen LogP contribution in [0.25, 0.3) is 0 Å². The average molecular weight is 301 g/mol. The minimum absolute atomic E-state index is 0.0443. The Morgan fingerprint density at radius 2 is 1.80 bits per heavy atom. The fourth-order valence-electron chi connectivity index (χ4n) is 1.31. The van der Waals surface area contributed by atoms with Crippen LogP contribution in [0.3, 0.4) is 0 Å². The maximum absolute atomic E-state index is 12.7. The number of hydrogen-bond acceptors (Lipinski definition) is 2. The van der Waals surface area contributed by atoms with E-state index in [9.17, 15) is 31.1 Å². The van der Waals surface area contributed by atoms with Gasteiger partial charge in [-0.25, -0.2) is 0 Å². The van der Waals surface area contributed by atoms with Gasteiger partial charge in [0.25, 0.3) is 0 Å². The van der Waals surface area contributed by atoms with Crippen molar-refractivity contribution >= 4 is 11.6 Å². The van der Waals surface area contributed by atoms with E-state index in [1.165, 1.54) is 12.2 Å². The summed E-state index contributed by atoms with van der Waals surface area (Å²) in [6.45, 7) is 1.41. The molecule has 0 radical (unpaired) electrons. The molecule has 0 aliphatic rings. The lowest BCUT2D eigenvalue weighted by Gasteiger charge is -2.15. The van der Waals surface area contributed by atoms with Crippen LogP contribution in [0, 0.1) is 0 Å². The van der Waals surface area contributed by atoms with Crippen LogP contribution < -0.4 is 10.1 Å². The quantitative estimate of drug-likeness (QED) is 0.866. The smallest absolute Gasteiger partial charge is 0.471 e. The Morgan fingerprint density at radius 3 is 2.25 bits per heavy atom. The van der Waals surface area contributed by atoms with Crippen LogP contribution >= 0.6 is 0 Å². The van der Waals surface area contributed by atoms with E-state index in [2.05, 4.69) is 0 Å². The molecular formula is C11H9F6NO2. The third kappa shape index (κ3) is 4.04. The summed E-state index contributed by atoms with van der Waals surface area (Å²) in [7, 11) is 0. The molecule has 0 fully saturated rings. The first kappa shape index (κ1) is 16.1. The number of benzene rings is 1. The van der Waals surface area contributed by atoms with Crippen molar-refractivity contribution < 1.29 is 35.9 Å². The molecule has 1 aromatic rings. The molecule has 1 rings (SSSR count). The summed E-state index contributed by atoms with van der Waals surface area (Å²) in [5.74, 6) is -2.88. The Morgan fingerprint density at radius 1 is 1.20 bits per heavy atom. The number of halogens is 6. The van der Waals surface area contributed by atoms with Crippen LogP contribution in [-0.2, 0) is 11.0 Å². The van der Waals surface area contributed by atoms with Crippen molar-refractivity contribution in [3.8, 4) is 5.75 Å². The Hall–Kier alpha value is -1.93. The Kier molecular flexibility index (Phi) is 4.51. The topological polar surface area (TPSA) is 38.3 Å². The molecule has 3 nitrogen and oxygen atoms in total. The molecule has 0 atom stereocenters. The third-order valence-corrected chi connectivity index (χ3v) is 2.10. The standard InChI is InChI=1S/C11H9F6NO2/c1-2-20-8-4-3-6(5-7(8)10(12,13)14)18-9(19)11(15,16)17/h3-5H,2H2,1H3,(H,18,19). The van der Waals surface area contributed by atoms with Gasteiger partial charge in [-0.2, -0.15) is 26.3 Å². The van der Waals surface area contributed by atoms with Gasteiger partial charge in [-0.1, -0.05) is 0 Å². The summed E-state index contributed by atoms with van der Waals surface area (Å²) in [6.07, 6.45) is -10.00.